The van der Waals surface area contributed by atoms with Gasteiger partial charge in [-0.2, -0.15) is 0 Å². The maximum absolute atomic E-state index is 14.1. The minimum atomic E-state index is -0.965. The highest BCUT2D eigenvalue weighted by Gasteiger charge is 2.39. The smallest absolute Gasteiger partial charge is 0.308 e. The van der Waals surface area contributed by atoms with E-state index in [4.69, 9.17) is 0 Å². The Morgan fingerprint density at radius 3 is 2.71 bits per heavy atom. The summed E-state index contributed by atoms with van der Waals surface area (Å²) < 4.78 is 27.2. The van der Waals surface area contributed by atoms with Crippen molar-refractivity contribution in [1.29, 1.82) is 0 Å². The first-order chi connectivity index (χ1) is 11.4. The van der Waals surface area contributed by atoms with Crippen LogP contribution >= 0.6 is 0 Å². The maximum Gasteiger partial charge on any atom is 0.308 e. The summed E-state index contributed by atoms with van der Waals surface area (Å²) in [6.07, 6.45) is 1.76. The molecule has 1 aliphatic heterocycles. The lowest BCUT2D eigenvalue weighted by Crippen LogP contribution is -2.23. The van der Waals surface area contributed by atoms with E-state index in [1.807, 2.05) is 24.0 Å². The van der Waals surface area contributed by atoms with Gasteiger partial charge >= 0.3 is 5.97 Å². The number of hydrogen-bond acceptors (Lipinski definition) is 3. The number of rotatable bonds is 4. The molecule has 2 aromatic rings. The van der Waals surface area contributed by atoms with Crippen LogP contribution in [-0.2, 0) is 11.3 Å². The zero-order valence-electron chi connectivity index (χ0n) is 13.2. The highest BCUT2D eigenvalue weighted by molar-refractivity contribution is 5.72. The summed E-state index contributed by atoms with van der Waals surface area (Å²) in [6.45, 7) is 3.18. The second-order valence-corrected chi connectivity index (χ2v) is 6.22. The second-order valence-electron chi connectivity index (χ2n) is 6.22. The molecule has 1 N–H and O–H groups in total. The Morgan fingerprint density at radius 1 is 1.29 bits per heavy atom. The molecule has 0 aliphatic carbocycles. The van der Waals surface area contributed by atoms with Crippen LogP contribution in [0.1, 0.15) is 22.7 Å². The Hall–Kier alpha value is -2.34. The van der Waals surface area contributed by atoms with Gasteiger partial charge in [0.2, 0.25) is 0 Å². The predicted molar refractivity (Wildman–Crippen MR) is 84.5 cm³/mol. The van der Waals surface area contributed by atoms with Gasteiger partial charge in [0.15, 0.2) is 0 Å². The number of pyridine rings is 1. The highest BCUT2D eigenvalue weighted by Crippen LogP contribution is 2.35. The van der Waals surface area contributed by atoms with Gasteiger partial charge in [0, 0.05) is 43.5 Å². The van der Waals surface area contributed by atoms with E-state index in [0.29, 0.717) is 19.6 Å². The Morgan fingerprint density at radius 2 is 2.08 bits per heavy atom. The van der Waals surface area contributed by atoms with E-state index in [2.05, 4.69) is 4.98 Å². The van der Waals surface area contributed by atoms with Gasteiger partial charge < -0.3 is 5.11 Å². The molecule has 2 heterocycles. The summed E-state index contributed by atoms with van der Waals surface area (Å²) in [5.41, 5.74) is 2.15. The summed E-state index contributed by atoms with van der Waals surface area (Å²) in [4.78, 5) is 17.8. The van der Waals surface area contributed by atoms with E-state index < -0.39 is 29.4 Å². The molecule has 1 aliphatic rings. The summed E-state index contributed by atoms with van der Waals surface area (Å²) in [6, 6.07) is 7.17. The fourth-order valence-corrected chi connectivity index (χ4v) is 3.23. The first kappa shape index (κ1) is 16.5. The molecule has 1 aromatic heterocycles. The predicted octanol–water partition coefficient (Wildman–Crippen LogP) is 2.97. The Balaban J connectivity index is 1.81. The first-order valence-electron chi connectivity index (χ1n) is 7.75. The lowest BCUT2D eigenvalue weighted by atomic mass is 9.88. The number of halogens is 2. The van der Waals surface area contributed by atoms with E-state index in [9.17, 15) is 18.7 Å². The molecular formula is C18H18F2N2O2. The minimum Gasteiger partial charge on any atom is -0.481 e. The molecule has 6 heteroatoms. The number of aromatic nitrogens is 1. The van der Waals surface area contributed by atoms with Gasteiger partial charge in [0.1, 0.15) is 11.6 Å². The lowest BCUT2D eigenvalue weighted by molar-refractivity contribution is -0.141. The molecule has 3 rings (SSSR count). The van der Waals surface area contributed by atoms with E-state index in [0.717, 1.165) is 17.3 Å². The molecule has 0 unspecified atom stereocenters. The third kappa shape index (κ3) is 3.43. The average Bonchev–Trinajstić information content (AvgIpc) is 2.93. The topological polar surface area (TPSA) is 53.4 Å². The lowest BCUT2D eigenvalue weighted by Gasteiger charge is -2.16. The summed E-state index contributed by atoms with van der Waals surface area (Å²) in [5, 5.41) is 9.48. The van der Waals surface area contributed by atoms with Crippen LogP contribution in [0.5, 0.6) is 0 Å². The van der Waals surface area contributed by atoms with E-state index in [-0.39, 0.29) is 5.56 Å². The van der Waals surface area contributed by atoms with Gasteiger partial charge in [-0.15, -0.1) is 0 Å². The number of aryl methyl sites for hydroxylation is 1. The number of likely N-dealkylation sites (tertiary alicyclic amines) is 1. The van der Waals surface area contributed by atoms with E-state index in [1.54, 1.807) is 6.20 Å². The maximum atomic E-state index is 14.1. The summed E-state index contributed by atoms with van der Waals surface area (Å²) in [5.74, 6) is -3.54. The highest BCUT2D eigenvalue weighted by atomic mass is 19.1. The monoisotopic (exact) mass is 332 g/mol. The largest absolute Gasteiger partial charge is 0.481 e. The molecule has 126 valence electrons. The van der Waals surface area contributed by atoms with Gasteiger partial charge in [-0.3, -0.25) is 14.7 Å². The fraction of sp³-hybridized carbons (Fsp3) is 0.333. The summed E-state index contributed by atoms with van der Waals surface area (Å²) in [7, 11) is 0. The number of carbonyl (C=O) groups is 1. The van der Waals surface area contributed by atoms with Crippen molar-refractivity contribution in [2.45, 2.75) is 19.4 Å². The number of carboxylic acids is 1. The Kier molecular flexibility index (Phi) is 4.57. The molecule has 4 nitrogen and oxygen atoms in total. The van der Waals surface area contributed by atoms with Crippen molar-refractivity contribution in [1.82, 2.24) is 9.88 Å². The van der Waals surface area contributed by atoms with Crippen LogP contribution in [0.15, 0.2) is 36.5 Å². The van der Waals surface area contributed by atoms with Crippen molar-refractivity contribution in [3.05, 3.63) is 65.0 Å². The molecule has 0 radical (unpaired) electrons. The van der Waals surface area contributed by atoms with Crippen LogP contribution < -0.4 is 0 Å². The van der Waals surface area contributed by atoms with Crippen LogP contribution in [0.25, 0.3) is 0 Å². The summed E-state index contributed by atoms with van der Waals surface area (Å²) >= 11 is 0. The molecule has 0 saturated carbocycles. The van der Waals surface area contributed by atoms with Gasteiger partial charge in [-0.05, 0) is 30.2 Å². The molecule has 1 aromatic carbocycles. The number of carboxylic acid groups (broad SMARTS) is 1. The second kappa shape index (κ2) is 6.65. The molecule has 2 atom stereocenters. The molecule has 24 heavy (non-hydrogen) atoms. The quantitative estimate of drug-likeness (QED) is 0.935. The fourth-order valence-electron chi connectivity index (χ4n) is 3.23. The molecule has 0 spiro atoms. The van der Waals surface area contributed by atoms with Crippen LogP contribution in [0.2, 0.25) is 0 Å². The van der Waals surface area contributed by atoms with Gasteiger partial charge in [-0.25, -0.2) is 8.78 Å². The Labute approximate surface area is 138 Å². The van der Waals surface area contributed by atoms with Crippen molar-refractivity contribution in [3.8, 4) is 0 Å². The number of aliphatic carboxylic acids is 1. The van der Waals surface area contributed by atoms with Crippen LogP contribution in [0.3, 0.4) is 0 Å². The number of benzene rings is 1. The van der Waals surface area contributed by atoms with Crippen molar-refractivity contribution < 1.29 is 18.7 Å². The minimum absolute atomic E-state index is 0.258. The number of nitrogens with zero attached hydrogens (tertiary/aromatic N) is 2. The molecule has 1 saturated heterocycles. The van der Waals surface area contributed by atoms with Gasteiger partial charge in [0.05, 0.1) is 5.92 Å². The van der Waals surface area contributed by atoms with Crippen molar-refractivity contribution in [3.63, 3.8) is 0 Å². The molecule has 1 fully saturated rings. The van der Waals surface area contributed by atoms with Crippen LogP contribution in [0, 0.1) is 24.5 Å². The first-order valence-corrected chi connectivity index (χ1v) is 7.75. The normalized spacial score (nSPS) is 21.1. The SMILES string of the molecule is Cc1ccc(CN2C[C@H](C(=O)O)[C@@H](c3ccc(F)cc3F)C2)cn1. The third-order valence-corrected chi connectivity index (χ3v) is 4.45. The average molecular weight is 332 g/mol. The Bertz CT molecular complexity index is 749. The van der Waals surface area contributed by atoms with Crippen molar-refractivity contribution >= 4 is 5.97 Å². The third-order valence-electron chi connectivity index (χ3n) is 4.45. The van der Waals surface area contributed by atoms with Crippen molar-refractivity contribution in [2.24, 2.45) is 5.92 Å². The van der Waals surface area contributed by atoms with Gasteiger partial charge in [0.25, 0.3) is 0 Å². The molecule has 0 bridgehead atoms. The zero-order valence-corrected chi connectivity index (χ0v) is 13.2. The number of hydrogen-bond donors (Lipinski definition) is 1. The molecule has 0 amide bonds. The standard InChI is InChI=1S/C18H18F2N2O2/c1-11-2-3-12(7-21-11)8-22-9-15(16(10-22)18(23)24)14-5-4-13(19)6-17(14)20/h2-7,15-16H,8-10H2,1H3,(H,23,24)/t15-,16+/m1/s1. The van der Waals surface area contributed by atoms with Crippen molar-refractivity contribution in [2.75, 3.05) is 13.1 Å². The molecular weight excluding hydrogens is 314 g/mol. The van der Waals surface area contributed by atoms with Gasteiger partial charge in [-0.1, -0.05) is 12.1 Å². The zero-order chi connectivity index (χ0) is 17.3. The van der Waals surface area contributed by atoms with Crippen LogP contribution in [0.4, 0.5) is 8.78 Å². The van der Waals surface area contributed by atoms with E-state index in [1.165, 1.54) is 12.1 Å². The van der Waals surface area contributed by atoms with E-state index >= 15 is 0 Å². The van der Waals surface area contributed by atoms with Crippen LogP contribution in [-0.4, -0.2) is 34.0 Å².